The second kappa shape index (κ2) is 7.25. The predicted molar refractivity (Wildman–Crippen MR) is 94.1 cm³/mol. The van der Waals surface area contributed by atoms with Gasteiger partial charge >= 0.3 is 6.03 Å². The standard InChI is InChI=1S/C19H22N2O3/c1-13-3-5-16(14(2)11-13)21-19(22)20-8-7-15-4-6-17-18(12-15)24-10-9-23-17/h3-6,11-12H,7-10H2,1-2H3,(H2,20,21,22). The summed E-state index contributed by atoms with van der Waals surface area (Å²) in [7, 11) is 0. The Morgan fingerprint density at radius 2 is 1.83 bits per heavy atom. The third-order valence-corrected chi connectivity index (χ3v) is 3.94. The van der Waals surface area contributed by atoms with E-state index in [4.69, 9.17) is 9.47 Å². The number of aryl methyl sites for hydroxylation is 2. The van der Waals surface area contributed by atoms with E-state index in [2.05, 4.69) is 10.6 Å². The van der Waals surface area contributed by atoms with Gasteiger partial charge in [0.1, 0.15) is 13.2 Å². The van der Waals surface area contributed by atoms with Gasteiger partial charge in [-0.25, -0.2) is 4.79 Å². The molecule has 2 aromatic rings. The monoisotopic (exact) mass is 326 g/mol. The van der Waals surface area contributed by atoms with Crippen LogP contribution in [0.25, 0.3) is 0 Å². The molecule has 0 atom stereocenters. The molecule has 0 aliphatic carbocycles. The summed E-state index contributed by atoms with van der Waals surface area (Å²) in [4.78, 5) is 12.0. The zero-order valence-electron chi connectivity index (χ0n) is 14.0. The van der Waals surface area contributed by atoms with Gasteiger partial charge in [-0.2, -0.15) is 0 Å². The molecule has 0 saturated heterocycles. The van der Waals surface area contributed by atoms with Gasteiger partial charge in [0, 0.05) is 12.2 Å². The first kappa shape index (κ1) is 16.2. The maximum Gasteiger partial charge on any atom is 0.319 e. The molecule has 2 amide bonds. The number of carbonyl (C=O) groups excluding carboxylic acids is 1. The van der Waals surface area contributed by atoms with Crippen LogP contribution in [-0.4, -0.2) is 25.8 Å². The average molecular weight is 326 g/mol. The van der Waals surface area contributed by atoms with E-state index in [1.807, 2.05) is 50.2 Å². The van der Waals surface area contributed by atoms with E-state index in [1.165, 1.54) is 5.56 Å². The highest BCUT2D eigenvalue weighted by Gasteiger charge is 2.11. The molecule has 0 unspecified atom stereocenters. The molecule has 2 N–H and O–H groups in total. The highest BCUT2D eigenvalue weighted by atomic mass is 16.6. The van der Waals surface area contributed by atoms with Crippen molar-refractivity contribution in [1.82, 2.24) is 5.32 Å². The smallest absolute Gasteiger partial charge is 0.319 e. The largest absolute Gasteiger partial charge is 0.486 e. The van der Waals surface area contributed by atoms with Crippen molar-refractivity contribution >= 4 is 11.7 Å². The van der Waals surface area contributed by atoms with Gasteiger partial charge in [-0.1, -0.05) is 23.8 Å². The lowest BCUT2D eigenvalue weighted by atomic mass is 10.1. The van der Waals surface area contributed by atoms with E-state index in [0.29, 0.717) is 19.8 Å². The summed E-state index contributed by atoms with van der Waals surface area (Å²) in [6.45, 7) is 5.73. The number of urea groups is 1. The second-order valence-corrected chi connectivity index (χ2v) is 5.93. The summed E-state index contributed by atoms with van der Waals surface area (Å²) in [5.74, 6) is 1.56. The molecule has 2 aromatic carbocycles. The summed E-state index contributed by atoms with van der Waals surface area (Å²) in [5.41, 5.74) is 4.16. The van der Waals surface area contributed by atoms with Crippen LogP contribution in [0.3, 0.4) is 0 Å². The second-order valence-electron chi connectivity index (χ2n) is 5.93. The molecular formula is C19H22N2O3. The molecule has 1 aliphatic rings. The van der Waals surface area contributed by atoms with Crippen LogP contribution in [-0.2, 0) is 6.42 Å². The SMILES string of the molecule is Cc1ccc(NC(=O)NCCc2ccc3c(c2)OCCO3)c(C)c1. The summed E-state index contributed by atoms with van der Waals surface area (Å²) in [6.07, 6.45) is 0.733. The molecular weight excluding hydrogens is 304 g/mol. The third-order valence-electron chi connectivity index (χ3n) is 3.94. The molecule has 0 radical (unpaired) electrons. The normalized spacial score (nSPS) is 12.6. The van der Waals surface area contributed by atoms with Gasteiger partial charge in [0.05, 0.1) is 0 Å². The minimum absolute atomic E-state index is 0.195. The van der Waals surface area contributed by atoms with Crippen molar-refractivity contribution < 1.29 is 14.3 Å². The van der Waals surface area contributed by atoms with Crippen LogP contribution in [0.5, 0.6) is 11.5 Å². The summed E-state index contributed by atoms with van der Waals surface area (Å²) >= 11 is 0. The molecule has 126 valence electrons. The quantitative estimate of drug-likeness (QED) is 0.905. The Balaban J connectivity index is 1.50. The molecule has 24 heavy (non-hydrogen) atoms. The van der Waals surface area contributed by atoms with Gasteiger partial charge in [0.2, 0.25) is 0 Å². The minimum Gasteiger partial charge on any atom is -0.486 e. The van der Waals surface area contributed by atoms with Crippen molar-refractivity contribution in [1.29, 1.82) is 0 Å². The molecule has 5 nitrogen and oxygen atoms in total. The minimum atomic E-state index is -0.195. The van der Waals surface area contributed by atoms with Crippen LogP contribution in [0.2, 0.25) is 0 Å². The number of fused-ring (bicyclic) bond motifs is 1. The van der Waals surface area contributed by atoms with Crippen molar-refractivity contribution in [3.05, 3.63) is 53.1 Å². The Morgan fingerprint density at radius 3 is 2.62 bits per heavy atom. The Morgan fingerprint density at radius 1 is 1.04 bits per heavy atom. The molecule has 0 aromatic heterocycles. The van der Waals surface area contributed by atoms with Crippen molar-refractivity contribution in [2.24, 2.45) is 0 Å². The van der Waals surface area contributed by atoms with Gasteiger partial charge in [0.15, 0.2) is 11.5 Å². The van der Waals surface area contributed by atoms with Crippen molar-refractivity contribution in [2.45, 2.75) is 20.3 Å². The zero-order chi connectivity index (χ0) is 16.9. The number of carbonyl (C=O) groups is 1. The molecule has 0 spiro atoms. The Labute approximate surface area is 142 Å². The molecule has 0 saturated carbocycles. The first-order valence-electron chi connectivity index (χ1n) is 8.12. The number of hydrogen-bond acceptors (Lipinski definition) is 3. The first-order valence-corrected chi connectivity index (χ1v) is 8.12. The zero-order valence-corrected chi connectivity index (χ0v) is 14.0. The van der Waals surface area contributed by atoms with Gasteiger partial charge in [-0.3, -0.25) is 0 Å². The number of anilines is 1. The number of benzene rings is 2. The van der Waals surface area contributed by atoms with Gasteiger partial charge in [0.25, 0.3) is 0 Å². The lowest BCUT2D eigenvalue weighted by Gasteiger charge is -2.19. The number of nitrogens with one attached hydrogen (secondary N) is 2. The fourth-order valence-electron chi connectivity index (χ4n) is 2.68. The van der Waals surface area contributed by atoms with E-state index in [0.717, 1.165) is 34.7 Å². The van der Waals surface area contributed by atoms with Crippen molar-refractivity contribution in [3.8, 4) is 11.5 Å². The van der Waals surface area contributed by atoms with Crippen LogP contribution in [0.4, 0.5) is 10.5 Å². The Bertz CT molecular complexity index is 743. The highest BCUT2D eigenvalue weighted by Crippen LogP contribution is 2.30. The Hall–Kier alpha value is -2.69. The maximum atomic E-state index is 12.0. The topological polar surface area (TPSA) is 59.6 Å². The lowest BCUT2D eigenvalue weighted by molar-refractivity contribution is 0.171. The van der Waals surface area contributed by atoms with Crippen LogP contribution >= 0.6 is 0 Å². The number of hydrogen-bond donors (Lipinski definition) is 2. The van der Waals surface area contributed by atoms with E-state index >= 15 is 0 Å². The van der Waals surface area contributed by atoms with Crippen LogP contribution < -0.4 is 20.1 Å². The summed E-state index contributed by atoms with van der Waals surface area (Å²) < 4.78 is 11.1. The van der Waals surface area contributed by atoms with Gasteiger partial charge < -0.3 is 20.1 Å². The van der Waals surface area contributed by atoms with E-state index in [9.17, 15) is 4.79 Å². The van der Waals surface area contributed by atoms with Crippen LogP contribution in [0.15, 0.2) is 36.4 Å². The van der Waals surface area contributed by atoms with Crippen molar-refractivity contribution in [2.75, 3.05) is 25.1 Å². The highest BCUT2D eigenvalue weighted by molar-refractivity contribution is 5.90. The molecule has 3 rings (SSSR count). The number of rotatable bonds is 4. The lowest BCUT2D eigenvalue weighted by Crippen LogP contribution is -2.30. The first-order chi connectivity index (χ1) is 11.6. The fraction of sp³-hybridized carbons (Fsp3) is 0.316. The number of ether oxygens (including phenoxy) is 2. The molecule has 1 aliphatic heterocycles. The predicted octanol–water partition coefficient (Wildman–Crippen LogP) is 3.44. The average Bonchev–Trinajstić information content (AvgIpc) is 2.57. The van der Waals surface area contributed by atoms with Gasteiger partial charge in [-0.05, 0) is 49.6 Å². The van der Waals surface area contributed by atoms with Crippen LogP contribution in [0, 0.1) is 13.8 Å². The molecule has 0 bridgehead atoms. The maximum absolute atomic E-state index is 12.0. The molecule has 1 heterocycles. The molecule has 0 fully saturated rings. The number of amides is 2. The Kier molecular flexibility index (Phi) is 4.89. The summed E-state index contributed by atoms with van der Waals surface area (Å²) in [5, 5.41) is 5.76. The van der Waals surface area contributed by atoms with E-state index < -0.39 is 0 Å². The molecule has 5 heteroatoms. The third kappa shape index (κ3) is 3.98. The van der Waals surface area contributed by atoms with E-state index in [1.54, 1.807) is 0 Å². The van der Waals surface area contributed by atoms with E-state index in [-0.39, 0.29) is 6.03 Å². The summed E-state index contributed by atoms with van der Waals surface area (Å²) in [6, 6.07) is 11.6. The van der Waals surface area contributed by atoms with Gasteiger partial charge in [-0.15, -0.1) is 0 Å². The fourth-order valence-corrected chi connectivity index (χ4v) is 2.68. The van der Waals surface area contributed by atoms with Crippen molar-refractivity contribution in [3.63, 3.8) is 0 Å². The van der Waals surface area contributed by atoms with Crippen LogP contribution in [0.1, 0.15) is 16.7 Å².